The molecule has 0 aliphatic heterocycles. The standard InChI is InChI=1S/C27H24N6O/c1-17(2)19-14-12-18(13-15-19)16-29-33-25(28)23(27(34)30-20-8-4-3-5-9-20)24-26(33)32-22-11-7-6-10-21(22)31-24/h3-17H,28H2,1-2H3,(H,30,34)/b29-16-. The predicted octanol–water partition coefficient (Wildman–Crippen LogP) is 5.42. The lowest BCUT2D eigenvalue weighted by molar-refractivity contribution is 0.102. The first kappa shape index (κ1) is 21.3. The number of rotatable bonds is 5. The van der Waals surface area contributed by atoms with Crippen LogP contribution in [0, 0.1) is 0 Å². The number of para-hydroxylation sites is 3. The van der Waals surface area contributed by atoms with E-state index < -0.39 is 0 Å². The summed E-state index contributed by atoms with van der Waals surface area (Å²) in [6.07, 6.45) is 1.70. The van der Waals surface area contributed by atoms with Gasteiger partial charge in [-0.2, -0.15) is 9.78 Å². The Labute approximate surface area is 197 Å². The molecule has 0 aliphatic carbocycles. The number of benzene rings is 3. The van der Waals surface area contributed by atoms with E-state index in [2.05, 4.69) is 36.4 Å². The molecular formula is C27H24N6O. The zero-order chi connectivity index (χ0) is 23.7. The quantitative estimate of drug-likeness (QED) is 0.351. The van der Waals surface area contributed by atoms with Crippen molar-refractivity contribution in [1.82, 2.24) is 14.6 Å². The number of nitrogens with one attached hydrogen (secondary N) is 1. The van der Waals surface area contributed by atoms with Crippen molar-refractivity contribution in [2.24, 2.45) is 5.10 Å². The average molecular weight is 449 g/mol. The van der Waals surface area contributed by atoms with Gasteiger partial charge in [-0.25, -0.2) is 9.97 Å². The normalized spacial score (nSPS) is 11.6. The molecule has 0 saturated heterocycles. The predicted molar refractivity (Wildman–Crippen MR) is 137 cm³/mol. The third kappa shape index (κ3) is 3.99. The van der Waals surface area contributed by atoms with E-state index in [-0.39, 0.29) is 17.3 Å². The first-order chi connectivity index (χ1) is 16.5. The number of hydrogen-bond donors (Lipinski definition) is 2. The van der Waals surface area contributed by atoms with Crippen LogP contribution in [-0.2, 0) is 0 Å². The van der Waals surface area contributed by atoms with Crippen molar-refractivity contribution >= 4 is 45.8 Å². The highest BCUT2D eigenvalue weighted by molar-refractivity contribution is 6.16. The van der Waals surface area contributed by atoms with Crippen LogP contribution in [0.5, 0.6) is 0 Å². The maximum Gasteiger partial charge on any atom is 0.261 e. The molecule has 7 heteroatoms. The van der Waals surface area contributed by atoms with Crippen LogP contribution in [0.1, 0.15) is 41.3 Å². The molecule has 168 valence electrons. The molecule has 5 aromatic rings. The largest absolute Gasteiger partial charge is 0.383 e. The first-order valence-corrected chi connectivity index (χ1v) is 11.1. The summed E-state index contributed by atoms with van der Waals surface area (Å²) in [4.78, 5) is 22.7. The van der Waals surface area contributed by atoms with Gasteiger partial charge in [0.25, 0.3) is 5.91 Å². The SMILES string of the molecule is CC(C)c1ccc(/C=N\n2c(N)c(C(=O)Nc3ccccc3)c3nc4ccccc4nc32)cc1. The van der Waals surface area contributed by atoms with Gasteiger partial charge in [0.1, 0.15) is 16.9 Å². The van der Waals surface area contributed by atoms with Gasteiger partial charge >= 0.3 is 0 Å². The summed E-state index contributed by atoms with van der Waals surface area (Å²) in [5, 5.41) is 7.47. The number of nitrogens with two attached hydrogens (primary N) is 1. The Morgan fingerprint density at radius 3 is 2.26 bits per heavy atom. The number of anilines is 2. The monoisotopic (exact) mass is 448 g/mol. The van der Waals surface area contributed by atoms with Crippen LogP contribution in [0.25, 0.3) is 22.2 Å². The molecule has 5 rings (SSSR count). The molecule has 0 spiro atoms. The molecule has 0 saturated carbocycles. The van der Waals surface area contributed by atoms with Gasteiger partial charge in [-0.05, 0) is 41.3 Å². The third-order valence-electron chi connectivity index (χ3n) is 5.66. The summed E-state index contributed by atoms with van der Waals surface area (Å²) >= 11 is 0. The fourth-order valence-electron chi connectivity index (χ4n) is 3.79. The summed E-state index contributed by atoms with van der Waals surface area (Å²) < 4.78 is 1.48. The van der Waals surface area contributed by atoms with E-state index in [0.29, 0.717) is 33.8 Å². The fourth-order valence-corrected chi connectivity index (χ4v) is 3.79. The van der Waals surface area contributed by atoms with Gasteiger partial charge in [-0.3, -0.25) is 4.79 Å². The van der Waals surface area contributed by atoms with Crippen LogP contribution in [0.3, 0.4) is 0 Å². The van der Waals surface area contributed by atoms with Gasteiger partial charge in [-0.1, -0.05) is 68.4 Å². The fraction of sp³-hybridized carbons (Fsp3) is 0.111. The molecule has 2 heterocycles. The molecule has 0 aliphatic rings. The van der Waals surface area contributed by atoms with Gasteiger partial charge in [0.05, 0.1) is 17.2 Å². The lowest BCUT2D eigenvalue weighted by atomic mass is 10.0. The Hall–Kier alpha value is -4.52. The minimum absolute atomic E-state index is 0.175. The second-order valence-corrected chi connectivity index (χ2v) is 8.34. The molecule has 0 fully saturated rings. The van der Waals surface area contributed by atoms with E-state index in [0.717, 1.165) is 5.56 Å². The van der Waals surface area contributed by atoms with Crippen LogP contribution >= 0.6 is 0 Å². The van der Waals surface area contributed by atoms with Crippen molar-refractivity contribution in [3.05, 3.63) is 95.6 Å². The molecule has 0 unspecified atom stereocenters. The van der Waals surface area contributed by atoms with Crippen molar-refractivity contribution in [2.75, 3.05) is 11.1 Å². The van der Waals surface area contributed by atoms with Gasteiger partial charge in [0, 0.05) is 5.69 Å². The molecule has 7 nitrogen and oxygen atoms in total. The summed E-state index contributed by atoms with van der Waals surface area (Å²) in [6, 6.07) is 24.9. The number of carbonyl (C=O) groups is 1. The minimum Gasteiger partial charge on any atom is -0.383 e. The first-order valence-electron chi connectivity index (χ1n) is 11.1. The van der Waals surface area contributed by atoms with Crippen molar-refractivity contribution in [1.29, 1.82) is 0 Å². The Bertz CT molecular complexity index is 1520. The molecule has 0 atom stereocenters. The van der Waals surface area contributed by atoms with Crippen LogP contribution in [0.4, 0.5) is 11.5 Å². The van der Waals surface area contributed by atoms with Crippen molar-refractivity contribution in [3.8, 4) is 0 Å². The molecular weight excluding hydrogens is 424 g/mol. The van der Waals surface area contributed by atoms with E-state index in [1.54, 1.807) is 6.21 Å². The van der Waals surface area contributed by atoms with Crippen molar-refractivity contribution in [3.63, 3.8) is 0 Å². The Morgan fingerprint density at radius 1 is 0.941 bits per heavy atom. The topological polar surface area (TPSA) is 98.2 Å². The molecule has 34 heavy (non-hydrogen) atoms. The number of nitrogen functional groups attached to an aromatic ring is 1. The lowest BCUT2D eigenvalue weighted by Gasteiger charge is -2.05. The summed E-state index contributed by atoms with van der Waals surface area (Å²) in [5.41, 5.74) is 11.7. The Kier molecular flexibility index (Phi) is 5.51. The number of carbonyl (C=O) groups excluding carboxylic acids is 1. The van der Waals surface area contributed by atoms with E-state index in [1.807, 2.05) is 66.7 Å². The zero-order valence-corrected chi connectivity index (χ0v) is 18.9. The summed E-state index contributed by atoms with van der Waals surface area (Å²) in [6.45, 7) is 4.31. The molecule has 0 bridgehead atoms. The van der Waals surface area contributed by atoms with Crippen LogP contribution in [0.15, 0.2) is 84.0 Å². The Morgan fingerprint density at radius 2 is 1.59 bits per heavy atom. The minimum atomic E-state index is -0.367. The number of fused-ring (bicyclic) bond motifs is 2. The molecule has 2 aromatic heterocycles. The van der Waals surface area contributed by atoms with Gasteiger partial charge in [0.2, 0.25) is 0 Å². The van der Waals surface area contributed by atoms with E-state index in [1.165, 1.54) is 10.2 Å². The van der Waals surface area contributed by atoms with E-state index in [4.69, 9.17) is 15.7 Å². The average Bonchev–Trinajstić information content (AvgIpc) is 3.12. The number of hydrogen-bond acceptors (Lipinski definition) is 5. The van der Waals surface area contributed by atoms with E-state index >= 15 is 0 Å². The zero-order valence-electron chi connectivity index (χ0n) is 18.9. The maximum absolute atomic E-state index is 13.2. The molecule has 1 amide bonds. The second kappa shape index (κ2) is 8.78. The van der Waals surface area contributed by atoms with Gasteiger partial charge in [-0.15, -0.1) is 0 Å². The molecule has 3 aromatic carbocycles. The highest BCUT2D eigenvalue weighted by atomic mass is 16.1. The van der Waals surface area contributed by atoms with Crippen LogP contribution in [-0.4, -0.2) is 26.8 Å². The van der Waals surface area contributed by atoms with Crippen molar-refractivity contribution in [2.45, 2.75) is 19.8 Å². The number of amides is 1. The van der Waals surface area contributed by atoms with Gasteiger partial charge < -0.3 is 11.1 Å². The van der Waals surface area contributed by atoms with Crippen LogP contribution < -0.4 is 11.1 Å². The van der Waals surface area contributed by atoms with E-state index in [9.17, 15) is 4.79 Å². The number of nitrogens with zero attached hydrogens (tertiary/aromatic N) is 4. The molecule has 3 N–H and O–H groups in total. The maximum atomic E-state index is 13.2. The van der Waals surface area contributed by atoms with Crippen molar-refractivity contribution < 1.29 is 4.79 Å². The highest BCUT2D eigenvalue weighted by Crippen LogP contribution is 2.28. The highest BCUT2D eigenvalue weighted by Gasteiger charge is 2.24. The Balaban J connectivity index is 1.62. The molecule has 0 radical (unpaired) electrons. The summed E-state index contributed by atoms with van der Waals surface area (Å²) in [7, 11) is 0. The van der Waals surface area contributed by atoms with Crippen LogP contribution in [0.2, 0.25) is 0 Å². The summed E-state index contributed by atoms with van der Waals surface area (Å²) in [5.74, 6) is 0.256. The second-order valence-electron chi connectivity index (χ2n) is 8.34. The lowest BCUT2D eigenvalue weighted by Crippen LogP contribution is -2.14. The smallest absolute Gasteiger partial charge is 0.261 e. The number of aromatic nitrogens is 3. The third-order valence-corrected chi connectivity index (χ3v) is 5.66. The van der Waals surface area contributed by atoms with Gasteiger partial charge in [0.15, 0.2) is 5.65 Å².